The highest BCUT2D eigenvalue weighted by Gasteiger charge is 2.19. The molecule has 1 heterocycles. The molecule has 7 heteroatoms. The molecule has 0 N–H and O–H groups in total. The summed E-state index contributed by atoms with van der Waals surface area (Å²) in [7, 11) is 0. The van der Waals surface area contributed by atoms with Gasteiger partial charge in [0.15, 0.2) is 0 Å². The van der Waals surface area contributed by atoms with Crippen LogP contribution in [0.1, 0.15) is 0 Å². The first kappa shape index (κ1) is 18.6. The smallest absolute Gasteiger partial charge is 0.282 e. The van der Waals surface area contributed by atoms with E-state index in [0.717, 1.165) is 10.5 Å². The molecule has 0 saturated carbocycles. The maximum absolute atomic E-state index is 13.1. The molecule has 4 nitrogen and oxygen atoms in total. The molecule has 0 aliphatic carbocycles. The summed E-state index contributed by atoms with van der Waals surface area (Å²) >= 11 is 8.90. The molecule has 0 aliphatic heterocycles. The van der Waals surface area contributed by atoms with Crippen molar-refractivity contribution in [2.75, 3.05) is 12.5 Å². The van der Waals surface area contributed by atoms with E-state index in [2.05, 4.69) is 9.83 Å². The van der Waals surface area contributed by atoms with Crippen LogP contribution < -0.4 is 5.56 Å². The molecule has 0 aliphatic rings. The van der Waals surface area contributed by atoms with E-state index in [0.29, 0.717) is 21.6 Å². The molecular weight excluding hydrogens is 386 g/mol. The van der Waals surface area contributed by atoms with Crippen molar-refractivity contribution < 1.29 is 0 Å². The first-order valence-corrected chi connectivity index (χ1v) is 10.4. The van der Waals surface area contributed by atoms with Crippen LogP contribution in [0.2, 0.25) is 5.02 Å². The van der Waals surface area contributed by atoms with Crippen molar-refractivity contribution in [1.29, 1.82) is 0 Å². The number of thioether (sulfide) groups is 2. The van der Waals surface area contributed by atoms with Gasteiger partial charge in [-0.1, -0.05) is 11.6 Å². The molecule has 0 spiro atoms. The Hall–Kier alpha value is -2.20. The van der Waals surface area contributed by atoms with Crippen molar-refractivity contribution >= 4 is 40.8 Å². The van der Waals surface area contributed by atoms with Crippen LogP contribution >= 0.6 is 35.1 Å². The van der Waals surface area contributed by atoms with E-state index >= 15 is 0 Å². The molecule has 2 aromatic carbocycles. The quantitative estimate of drug-likeness (QED) is 0.327. The number of hydrogen-bond acceptors (Lipinski definition) is 4. The number of rotatable bonds is 4. The zero-order valence-corrected chi connectivity index (χ0v) is 16.5. The third-order valence-corrected chi connectivity index (χ3v) is 5.43. The fourth-order valence-electron chi connectivity index (χ4n) is 2.49. The number of hydrogen-bond donors (Lipinski definition) is 0. The molecule has 0 unspecified atom stereocenters. The molecule has 0 fully saturated rings. The summed E-state index contributed by atoms with van der Waals surface area (Å²) in [5.41, 5.74) is 1.08. The summed E-state index contributed by atoms with van der Waals surface area (Å²) in [6.07, 6.45) is 3.80. The molecule has 0 amide bonds. The van der Waals surface area contributed by atoms with E-state index in [9.17, 15) is 4.79 Å². The van der Waals surface area contributed by atoms with Crippen LogP contribution in [0.25, 0.3) is 21.9 Å². The molecule has 0 atom stereocenters. The van der Waals surface area contributed by atoms with Gasteiger partial charge in [0.05, 0.1) is 6.57 Å². The van der Waals surface area contributed by atoms with E-state index in [4.69, 9.17) is 18.2 Å². The van der Waals surface area contributed by atoms with Gasteiger partial charge in [-0.05, 0) is 61.0 Å². The maximum atomic E-state index is 13.1. The molecule has 0 saturated heterocycles. The third-order valence-electron chi connectivity index (χ3n) is 3.77. The second kappa shape index (κ2) is 8.00. The minimum atomic E-state index is -0.374. The highest BCUT2D eigenvalue weighted by Crippen LogP contribution is 2.29. The molecule has 1 aromatic heterocycles. The Bertz CT molecular complexity index is 1040. The lowest BCUT2D eigenvalue weighted by Gasteiger charge is -2.15. The third kappa shape index (κ3) is 3.51. The standard InChI is InChI=1S/C19H14ClN3OS2/c1-21-16-18(26-3)22-17(12-4-6-13(20)7-5-12)23(19(16)24)14-8-10-15(25-2)11-9-14/h4-11H,2-3H3. The number of halogens is 1. The second-order valence-corrected chi connectivity index (χ2v) is 7.36. The first-order chi connectivity index (χ1) is 12.6. The van der Waals surface area contributed by atoms with E-state index in [1.807, 2.05) is 42.7 Å². The van der Waals surface area contributed by atoms with E-state index in [1.165, 1.54) is 16.3 Å². The predicted octanol–water partition coefficient (Wildman–Crippen LogP) is 5.55. The fourth-order valence-corrected chi connectivity index (χ4v) is 3.53. The van der Waals surface area contributed by atoms with Gasteiger partial charge in [0.2, 0.25) is 0 Å². The van der Waals surface area contributed by atoms with E-state index in [-0.39, 0.29) is 11.2 Å². The van der Waals surface area contributed by atoms with Crippen LogP contribution in [0.15, 0.2) is 63.2 Å². The SMILES string of the molecule is [C-]#[N+]c1c(SC)nc(-c2ccc(Cl)cc2)n(-c2ccc(SC)cc2)c1=O. The van der Waals surface area contributed by atoms with E-state index < -0.39 is 0 Å². The van der Waals surface area contributed by atoms with Gasteiger partial charge in [-0.2, -0.15) is 0 Å². The molecule has 0 radical (unpaired) electrons. The summed E-state index contributed by atoms with van der Waals surface area (Å²) in [4.78, 5) is 22.2. The van der Waals surface area contributed by atoms with Crippen LogP contribution in [-0.2, 0) is 0 Å². The Morgan fingerprint density at radius 3 is 2.23 bits per heavy atom. The van der Waals surface area contributed by atoms with Crippen molar-refractivity contribution in [1.82, 2.24) is 9.55 Å². The maximum Gasteiger partial charge on any atom is 0.282 e. The van der Waals surface area contributed by atoms with Gasteiger partial charge < -0.3 is 0 Å². The van der Waals surface area contributed by atoms with Crippen LogP contribution in [0.3, 0.4) is 0 Å². The summed E-state index contributed by atoms with van der Waals surface area (Å²) in [6.45, 7) is 7.39. The van der Waals surface area contributed by atoms with Crippen LogP contribution in [0, 0.1) is 6.57 Å². The van der Waals surface area contributed by atoms with Crippen molar-refractivity contribution in [3.05, 3.63) is 75.3 Å². The molecule has 130 valence electrons. The molecule has 26 heavy (non-hydrogen) atoms. The molecule has 3 aromatic rings. The highest BCUT2D eigenvalue weighted by atomic mass is 35.5. The van der Waals surface area contributed by atoms with Crippen molar-refractivity contribution in [2.24, 2.45) is 0 Å². The molecule has 0 bridgehead atoms. The summed E-state index contributed by atoms with van der Waals surface area (Å²) in [5, 5.41) is 1.03. The van der Waals surface area contributed by atoms with Gasteiger partial charge >= 0.3 is 0 Å². The number of nitrogens with zero attached hydrogens (tertiary/aromatic N) is 3. The normalized spacial score (nSPS) is 10.5. The van der Waals surface area contributed by atoms with Crippen LogP contribution in [0.5, 0.6) is 0 Å². The number of benzene rings is 2. The monoisotopic (exact) mass is 399 g/mol. The minimum Gasteiger partial charge on any atom is -0.282 e. The van der Waals surface area contributed by atoms with Crippen molar-refractivity contribution in [2.45, 2.75) is 9.92 Å². The fraction of sp³-hybridized carbons (Fsp3) is 0.105. The Labute approximate surface area is 165 Å². The number of aromatic nitrogens is 2. The molecule has 3 rings (SSSR count). The predicted molar refractivity (Wildman–Crippen MR) is 110 cm³/mol. The lowest BCUT2D eigenvalue weighted by atomic mass is 10.2. The Morgan fingerprint density at radius 1 is 1.04 bits per heavy atom. The van der Waals surface area contributed by atoms with Gasteiger partial charge in [0, 0.05) is 21.2 Å². The lowest BCUT2D eigenvalue weighted by Crippen LogP contribution is -2.22. The van der Waals surface area contributed by atoms with Gasteiger partial charge in [0.25, 0.3) is 11.2 Å². The molecular formula is C19H14ClN3OS2. The minimum absolute atomic E-state index is 0.0316. The largest absolute Gasteiger partial charge is 0.282 e. The zero-order valence-electron chi connectivity index (χ0n) is 14.1. The first-order valence-electron chi connectivity index (χ1n) is 7.58. The van der Waals surface area contributed by atoms with Crippen LogP contribution in [-0.4, -0.2) is 22.1 Å². The van der Waals surface area contributed by atoms with E-state index in [1.54, 1.807) is 30.2 Å². The zero-order chi connectivity index (χ0) is 18.7. The van der Waals surface area contributed by atoms with Gasteiger partial charge in [0.1, 0.15) is 10.9 Å². The Kier molecular flexibility index (Phi) is 5.72. The van der Waals surface area contributed by atoms with Gasteiger partial charge in [-0.25, -0.2) is 9.83 Å². The van der Waals surface area contributed by atoms with Crippen LogP contribution in [0.4, 0.5) is 5.69 Å². The average molecular weight is 400 g/mol. The lowest BCUT2D eigenvalue weighted by molar-refractivity contribution is 0.915. The van der Waals surface area contributed by atoms with Gasteiger partial charge in [-0.15, -0.1) is 23.5 Å². The second-order valence-electron chi connectivity index (χ2n) is 5.25. The summed E-state index contributed by atoms with van der Waals surface area (Å²) < 4.78 is 1.49. The summed E-state index contributed by atoms with van der Waals surface area (Å²) in [6, 6.07) is 14.8. The van der Waals surface area contributed by atoms with Gasteiger partial charge in [-0.3, -0.25) is 9.36 Å². The average Bonchev–Trinajstić information content (AvgIpc) is 2.68. The summed E-state index contributed by atoms with van der Waals surface area (Å²) in [5.74, 6) is 0.486. The van der Waals surface area contributed by atoms with Crippen molar-refractivity contribution in [3.8, 4) is 17.1 Å². The highest BCUT2D eigenvalue weighted by molar-refractivity contribution is 7.98. The van der Waals surface area contributed by atoms with Crippen molar-refractivity contribution in [3.63, 3.8) is 0 Å². The Balaban J connectivity index is 2.34. The topological polar surface area (TPSA) is 39.2 Å². The Morgan fingerprint density at radius 2 is 1.69 bits per heavy atom.